The Kier molecular flexibility index (Phi) is 1.51. The molecule has 0 radical (unpaired) electrons. The van der Waals surface area contributed by atoms with Crippen LogP contribution in [0.15, 0.2) is 0 Å². The number of hydrazine groups is 1. The zero-order valence-corrected chi connectivity index (χ0v) is 2.54. The Morgan fingerprint density at radius 2 is 2.00 bits per heavy atom. The summed E-state index contributed by atoms with van der Waals surface area (Å²) in [7, 11) is 0. The fourth-order valence-corrected chi connectivity index (χ4v) is 0. The fraction of sp³-hybridized carbons (Fsp3) is 0. The summed E-state index contributed by atoms with van der Waals surface area (Å²) in [5.41, 5.74) is 0. The molecule has 0 aliphatic rings. The first-order chi connectivity index (χ1) is 1.73. The Hall–Kier alpha value is 0.140. The van der Waals surface area contributed by atoms with Gasteiger partial charge in [-0.2, -0.15) is 0 Å². The van der Waals surface area contributed by atoms with E-state index in [1.807, 2.05) is 0 Å². The highest BCUT2D eigenvalue weighted by molar-refractivity contribution is 6.12. The van der Waals surface area contributed by atoms with Crippen molar-refractivity contribution in [3.8, 4) is 0 Å². The maximum atomic E-state index is 10.4. The van der Waals surface area contributed by atoms with E-state index in [-0.39, 0.29) is 0 Å². The van der Waals surface area contributed by atoms with Crippen LogP contribution in [0, 0.1) is 0 Å². The second-order valence-electron chi connectivity index (χ2n) is 0.259. The van der Waals surface area contributed by atoms with Crippen molar-refractivity contribution in [1.29, 1.82) is 0 Å². The lowest BCUT2D eigenvalue weighted by atomic mass is 12.9. The van der Waals surface area contributed by atoms with Gasteiger partial charge < -0.3 is 0 Å². The highest BCUT2D eigenvalue weighted by Crippen LogP contribution is 1.75. The topological polar surface area (TPSA) is 29.3 Å². The molecule has 4 heavy (non-hydrogen) atoms. The van der Waals surface area contributed by atoms with Gasteiger partial charge in [0, 0.05) is 16.5 Å². The highest BCUT2D eigenvalue weighted by atomic mass is 35.5. The van der Waals surface area contributed by atoms with Gasteiger partial charge >= 0.3 is 0 Å². The summed E-state index contributed by atoms with van der Waals surface area (Å²) in [6, 6.07) is 0. The van der Waals surface area contributed by atoms with Gasteiger partial charge in [-0.15, -0.1) is 4.48 Å². The van der Waals surface area contributed by atoms with Crippen LogP contribution < -0.4 is 5.84 Å². The predicted octanol–water partition coefficient (Wildman–Crippen LogP) is 0.200. The average Bonchev–Trinajstić information content (AvgIpc) is 0.811. The molecule has 0 fully saturated rings. The van der Waals surface area contributed by atoms with Crippen molar-refractivity contribution in [2.24, 2.45) is 5.84 Å². The maximum absolute atomic E-state index is 10.4. The number of nitrogens with two attached hydrogens (primary N) is 1. The predicted molar refractivity (Wildman–Crippen MR) is 13.0 cm³/mol. The Bertz CT molecular complexity index is 10.8. The van der Waals surface area contributed by atoms with Crippen LogP contribution in [0.2, 0.25) is 0 Å². The fourth-order valence-electron chi connectivity index (χ4n) is 0. The minimum atomic E-state index is -0.528. The molecule has 0 spiro atoms. The largest absolute Gasteiger partial charge is 0.225 e. The van der Waals surface area contributed by atoms with Crippen LogP contribution in [-0.2, 0) is 0 Å². The maximum Gasteiger partial charge on any atom is 0.0298 e. The molecule has 0 saturated carbocycles. The standard InChI is InChI=1S/ClFH2N2/c1-4(2)3/h3H2. The molecule has 0 aromatic carbocycles. The van der Waals surface area contributed by atoms with E-state index in [0.29, 0.717) is 0 Å². The molecule has 26 valence electrons. The molecular formula is H2ClFN2. The zero-order valence-electron chi connectivity index (χ0n) is 1.78. The van der Waals surface area contributed by atoms with Gasteiger partial charge in [-0.05, 0) is 0 Å². The zero-order chi connectivity index (χ0) is 3.58. The molecule has 4 heteroatoms. The van der Waals surface area contributed by atoms with Crippen LogP contribution in [-0.4, -0.2) is 4.75 Å². The molecule has 0 aliphatic carbocycles. The van der Waals surface area contributed by atoms with Gasteiger partial charge in [-0.25, -0.2) is 5.84 Å². The molecule has 0 saturated heterocycles. The monoisotopic (exact) mass is 84.0 g/mol. The third-order valence-corrected chi connectivity index (χ3v) is 0. The summed E-state index contributed by atoms with van der Waals surface area (Å²) in [4.78, 5) is 0. The van der Waals surface area contributed by atoms with Gasteiger partial charge in [0.2, 0.25) is 0 Å². The van der Waals surface area contributed by atoms with Gasteiger partial charge in [0.1, 0.15) is 0 Å². The lowest BCUT2D eigenvalue weighted by molar-refractivity contribution is 0.149. The van der Waals surface area contributed by atoms with Crippen molar-refractivity contribution in [2.75, 3.05) is 0 Å². The van der Waals surface area contributed by atoms with Crippen LogP contribution in [0.25, 0.3) is 0 Å². The molecule has 0 unspecified atom stereocenters. The molecule has 0 bridgehead atoms. The van der Waals surface area contributed by atoms with E-state index >= 15 is 0 Å². The Labute approximate surface area is 28.0 Å². The molecule has 0 rings (SSSR count). The summed E-state index contributed by atoms with van der Waals surface area (Å²) >= 11 is 4.22. The van der Waals surface area contributed by atoms with E-state index < -0.39 is 4.75 Å². The lowest BCUT2D eigenvalue weighted by Gasteiger charge is -1.78. The van der Waals surface area contributed by atoms with Gasteiger partial charge in [-0.1, -0.05) is 0 Å². The number of rotatable bonds is 0. The SMILES string of the molecule is NN(F)Cl. The van der Waals surface area contributed by atoms with Crippen LogP contribution in [0.5, 0.6) is 0 Å². The smallest absolute Gasteiger partial charge is 0.0298 e. The van der Waals surface area contributed by atoms with Crippen molar-refractivity contribution in [3.05, 3.63) is 0 Å². The number of nitrogens with zero attached hydrogens (tertiary/aromatic N) is 1. The summed E-state index contributed by atoms with van der Waals surface area (Å²) < 4.78 is 9.85. The third-order valence-electron chi connectivity index (χ3n) is 0. The highest BCUT2D eigenvalue weighted by Gasteiger charge is 1.69. The van der Waals surface area contributed by atoms with Crippen molar-refractivity contribution in [3.63, 3.8) is 0 Å². The molecule has 2 nitrogen and oxygen atoms in total. The summed E-state index contributed by atoms with van der Waals surface area (Å²) in [5.74, 6) is 4.04. The Morgan fingerprint density at radius 1 is 2.00 bits per heavy atom. The number of hydrogen-bond acceptors (Lipinski definition) is 2. The number of hydrogen-bond donors (Lipinski definition) is 1. The van der Waals surface area contributed by atoms with Crippen LogP contribution in [0.3, 0.4) is 0 Å². The second-order valence-corrected chi connectivity index (χ2v) is 0.582. The molecule has 0 atom stereocenters. The first-order valence-electron chi connectivity index (χ1n) is 0.596. The molecule has 0 aromatic heterocycles. The second kappa shape index (κ2) is 1.46. The average molecular weight is 84.5 g/mol. The van der Waals surface area contributed by atoms with E-state index in [9.17, 15) is 4.48 Å². The first kappa shape index (κ1) is 4.14. The van der Waals surface area contributed by atoms with E-state index in [4.69, 9.17) is 0 Å². The van der Waals surface area contributed by atoms with E-state index in [1.54, 1.807) is 0 Å². The molecule has 2 N–H and O–H groups in total. The van der Waals surface area contributed by atoms with Gasteiger partial charge in [0.05, 0.1) is 0 Å². The molecular weight excluding hydrogens is 82.5 g/mol. The molecule has 0 amide bonds. The first-order valence-corrected chi connectivity index (χ1v) is 0.934. The Morgan fingerprint density at radius 3 is 2.00 bits per heavy atom. The third kappa shape index (κ3) is 142. The summed E-state index contributed by atoms with van der Waals surface area (Å²) in [6.45, 7) is 0. The summed E-state index contributed by atoms with van der Waals surface area (Å²) in [5, 5.41) is 0. The number of halogens is 2. The van der Waals surface area contributed by atoms with Crippen molar-refractivity contribution < 1.29 is 4.48 Å². The lowest BCUT2D eigenvalue weighted by Crippen LogP contribution is -2.05. The quantitative estimate of drug-likeness (QED) is 0.258. The van der Waals surface area contributed by atoms with Gasteiger partial charge in [0.25, 0.3) is 0 Å². The molecule has 0 aromatic rings. The van der Waals surface area contributed by atoms with Gasteiger partial charge in [0.15, 0.2) is 0 Å². The normalized spacial score (nSPS) is 9.00. The molecule has 0 heterocycles. The van der Waals surface area contributed by atoms with Crippen molar-refractivity contribution >= 4 is 11.8 Å². The van der Waals surface area contributed by atoms with E-state index in [1.165, 1.54) is 0 Å². The minimum Gasteiger partial charge on any atom is -0.225 e. The van der Waals surface area contributed by atoms with Crippen LogP contribution in [0.4, 0.5) is 4.48 Å². The van der Waals surface area contributed by atoms with Gasteiger partial charge in [-0.3, -0.25) is 0 Å². The van der Waals surface area contributed by atoms with E-state index in [0.717, 1.165) is 0 Å². The van der Waals surface area contributed by atoms with Crippen molar-refractivity contribution in [2.45, 2.75) is 0 Å². The van der Waals surface area contributed by atoms with Crippen molar-refractivity contribution in [1.82, 2.24) is 4.75 Å². The van der Waals surface area contributed by atoms with Crippen LogP contribution >= 0.6 is 11.8 Å². The summed E-state index contributed by atoms with van der Waals surface area (Å²) in [6.07, 6.45) is 0. The minimum absolute atomic E-state index is 0.528. The molecule has 0 aliphatic heterocycles. The van der Waals surface area contributed by atoms with E-state index in [2.05, 4.69) is 17.6 Å². The van der Waals surface area contributed by atoms with Crippen LogP contribution in [0.1, 0.15) is 0 Å². The Balaban J connectivity index is 2.32.